The van der Waals surface area contributed by atoms with E-state index in [-0.39, 0.29) is 6.04 Å². The van der Waals surface area contributed by atoms with Crippen LogP contribution in [0.15, 0.2) is 81.7 Å². The molecule has 2 unspecified atom stereocenters. The average molecular weight is 477 g/mol. The number of halogens is 2. The molecule has 0 aliphatic heterocycles. The summed E-state index contributed by atoms with van der Waals surface area (Å²) in [5, 5.41) is 14.5. The van der Waals surface area contributed by atoms with Crippen molar-refractivity contribution in [1.82, 2.24) is 0 Å². The second kappa shape index (κ2) is 8.71. The lowest BCUT2D eigenvalue weighted by molar-refractivity contribution is 0.155. The standard InChI is InChI=1S/C21H19Br2NO2/c1-26-19-12-10-18(11-13-19)24-20(14-2-6-16(22)7-3-14)21(25)15-4-8-17(23)9-5-15/h2-13,20-21,24-25H,1H3. The van der Waals surface area contributed by atoms with Crippen LogP contribution in [0.1, 0.15) is 23.3 Å². The zero-order chi connectivity index (χ0) is 18.5. The van der Waals surface area contributed by atoms with Crippen LogP contribution in [0.4, 0.5) is 5.69 Å². The van der Waals surface area contributed by atoms with Crippen molar-refractivity contribution in [1.29, 1.82) is 0 Å². The van der Waals surface area contributed by atoms with Crippen LogP contribution in [0.5, 0.6) is 5.75 Å². The lowest BCUT2D eigenvalue weighted by atomic mass is 9.95. The van der Waals surface area contributed by atoms with E-state index in [0.29, 0.717) is 0 Å². The summed E-state index contributed by atoms with van der Waals surface area (Å²) in [6.45, 7) is 0. The van der Waals surface area contributed by atoms with Gasteiger partial charge in [0.15, 0.2) is 0 Å². The van der Waals surface area contributed by atoms with E-state index in [4.69, 9.17) is 4.74 Å². The molecule has 26 heavy (non-hydrogen) atoms. The van der Waals surface area contributed by atoms with Crippen molar-refractivity contribution >= 4 is 37.5 Å². The molecular weight excluding hydrogens is 458 g/mol. The van der Waals surface area contributed by atoms with E-state index in [1.54, 1.807) is 7.11 Å². The summed E-state index contributed by atoms with van der Waals surface area (Å²) in [6, 6.07) is 23.1. The number of hydrogen-bond acceptors (Lipinski definition) is 3. The molecule has 134 valence electrons. The molecule has 5 heteroatoms. The zero-order valence-corrected chi connectivity index (χ0v) is 17.4. The fourth-order valence-electron chi connectivity index (χ4n) is 2.73. The van der Waals surface area contributed by atoms with Crippen molar-refractivity contribution in [3.8, 4) is 5.75 Å². The molecule has 3 rings (SSSR count). The Morgan fingerprint density at radius 1 is 0.769 bits per heavy atom. The van der Waals surface area contributed by atoms with Crippen LogP contribution in [0.2, 0.25) is 0 Å². The molecule has 0 saturated heterocycles. The van der Waals surface area contributed by atoms with Crippen molar-refractivity contribution in [3.05, 3.63) is 92.9 Å². The van der Waals surface area contributed by atoms with Gasteiger partial charge in [-0.15, -0.1) is 0 Å². The fourth-order valence-corrected chi connectivity index (χ4v) is 3.26. The first-order valence-corrected chi connectivity index (χ1v) is 9.75. The minimum atomic E-state index is -0.702. The summed E-state index contributed by atoms with van der Waals surface area (Å²) in [5.41, 5.74) is 2.76. The average Bonchev–Trinajstić information content (AvgIpc) is 2.67. The maximum Gasteiger partial charge on any atom is 0.119 e. The van der Waals surface area contributed by atoms with Gasteiger partial charge in [-0.05, 0) is 59.7 Å². The SMILES string of the molecule is COc1ccc(NC(c2ccc(Br)cc2)C(O)c2ccc(Br)cc2)cc1. The Morgan fingerprint density at radius 2 is 1.27 bits per heavy atom. The van der Waals surface area contributed by atoms with E-state index in [2.05, 4.69) is 37.2 Å². The van der Waals surface area contributed by atoms with Crippen LogP contribution >= 0.6 is 31.9 Å². The molecule has 0 bridgehead atoms. The molecule has 3 aromatic carbocycles. The van der Waals surface area contributed by atoms with Crippen LogP contribution in [-0.2, 0) is 0 Å². The summed E-state index contributed by atoms with van der Waals surface area (Å²) >= 11 is 6.90. The highest BCUT2D eigenvalue weighted by atomic mass is 79.9. The third kappa shape index (κ3) is 4.67. The van der Waals surface area contributed by atoms with Crippen molar-refractivity contribution in [2.75, 3.05) is 12.4 Å². The maximum absolute atomic E-state index is 11.0. The molecule has 3 nitrogen and oxygen atoms in total. The van der Waals surface area contributed by atoms with Crippen LogP contribution in [0.3, 0.4) is 0 Å². The topological polar surface area (TPSA) is 41.5 Å². The van der Waals surface area contributed by atoms with Crippen molar-refractivity contribution in [2.45, 2.75) is 12.1 Å². The minimum absolute atomic E-state index is 0.294. The van der Waals surface area contributed by atoms with Gasteiger partial charge in [-0.2, -0.15) is 0 Å². The molecule has 0 aromatic heterocycles. The minimum Gasteiger partial charge on any atom is -0.497 e. The normalized spacial score (nSPS) is 13.1. The summed E-state index contributed by atoms with van der Waals surface area (Å²) in [4.78, 5) is 0. The quantitative estimate of drug-likeness (QED) is 0.451. The fraction of sp³-hybridized carbons (Fsp3) is 0.143. The van der Waals surface area contributed by atoms with Gasteiger partial charge in [0.2, 0.25) is 0 Å². The predicted octanol–water partition coefficient (Wildman–Crippen LogP) is 6.11. The van der Waals surface area contributed by atoms with E-state index in [1.165, 1.54) is 0 Å². The highest BCUT2D eigenvalue weighted by Crippen LogP contribution is 2.33. The number of hydrogen-bond donors (Lipinski definition) is 2. The molecule has 0 aliphatic rings. The molecule has 0 radical (unpaired) electrons. The zero-order valence-electron chi connectivity index (χ0n) is 14.2. The molecule has 0 saturated carbocycles. The number of aliphatic hydroxyl groups excluding tert-OH is 1. The number of rotatable bonds is 6. The van der Waals surface area contributed by atoms with Gasteiger partial charge in [0.05, 0.1) is 13.2 Å². The van der Waals surface area contributed by atoms with E-state index in [1.807, 2.05) is 72.8 Å². The number of aliphatic hydroxyl groups is 1. The Bertz CT molecular complexity index is 833. The van der Waals surface area contributed by atoms with Gasteiger partial charge in [0, 0.05) is 14.6 Å². The summed E-state index contributed by atoms with van der Waals surface area (Å²) in [7, 11) is 1.64. The highest BCUT2D eigenvalue weighted by Gasteiger charge is 2.23. The summed E-state index contributed by atoms with van der Waals surface area (Å²) in [5.74, 6) is 0.796. The molecular formula is C21H19Br2NO2. The monoisotopic (exact) mass is 475 g/mol. The van der Waals surface area contributed by atoms with Crippen molar-refractivity contribution < 1.29 is 9.84 Å². The van der Waals surface area contributed by atoms with Crippen molar-refractivity contribution in [2.24, 2.45) is 0 Å². The highest BCUT2D eigenvalue weighted by molar-refractivity contribution is 9.10. The summed E-state index contributed by atoms with van der Waals surface area (Å²) in [6.07, 6.45) is -0.702. The van der Waals surface area contributed by atoms with E-state index in [0.717, 1.165) is 31.5 Å². The molecule has 0 aliphatic carbocycles. The first-order valence-electron chi connectivity index (χ1n) is 8.16. The Hall–Kier alpha value is -1.82. The second-order valence-electron chi connectivity index (χ2n) is 5.90. The van der Waals surface area contributed by atoms with Gasteiger partial charge in [-0.3, -0.25) is 0 Å². The lowest BCUT2D eigenvalue weighted by Crippen LogP contribution is -2.19. The molecule has 0 fully saturated rings. The number of nitrogens with one attached hydrogen (secondary N) is 1. The van der Waals surface area contributed by atoms with Gasteiger partial charge >= 0.3 is 0 Å². The van der Waals surface area contributed by atoms with Gasteiger partial charge in [-0.25, -0.2) is 0 Å². The van der Waals surface area contributed by atoms with Gasteiger partial charge < -0.3 is 15.2 Å². The van der Waals surface area contributed by atoms with Gasteiger partial charge in [-0.1, -0.05) is 56.1 Å². The van der Waals surface area contributed by atoms with E-state index >= 15 is 0 Å². The van der Waals surface area contributed by atoms with Crippen LogP contribution < -0.4 is 10.1 Å². The second-order valence-corrected chi connectivity index (χ2v) is 7.73. The maximum atomic E-state index is 11.0. The Kier molecular flexibility index (Phi) is 6.35. The first kappa shape index (κ1) is 19.0. The Morgan fingerprint density at radius 3 is 1.77 bits per heavy atom. The lowest BCUT2D eigenvalue weighted by Gasteiger charge is -2.26. The Labute approximate surface area is 170 Å². The number of benzene rings is 3. The van der Waals surface area contributed by atoms with Crippen LogP contribution in [0, 0.1) is 0 Å². The third-order valence-electron chi connectivity index (χ3n) is 4.17. The smallest absolute Gasteiger partial charge is 0.119 e. The Balaban J connectivity index is 1.92. The van der Waals surface area contributed by atoms with E-state index < -0.39 is 6.10 Å². The molecule has 0 spiro atoms. The molecule has 0 amide bonds. The van der Waals surface area contributed by atoms with Crippen molar-refractivity contribution in [3.63, 3.8) is 0 Å². The predicted molar refractivity (Wildman–Crippen MR) is 113 cm³/mol. The molecule has 0 heterocycles. The number of methoxy groups -OCH3 is 1. The largest absolute Gasteiger partial charge is 0.497 e. The van der Waals surface area contributed by atoms with Crippen LogP contribution in [0.25, 0.3) is 0 Å². The molecule has 3 aromatic rings. The third-order valence-corrected chi connectivity index (χ3v) is 5.23. The first-order chi connectivity index (χ1) is 12.6. The number of ether oxygens (including phenoxy) is 1. The van der Waals surface area contributed by atoms with E-state index in [9.17, 15) is 5.11 Å². The number of anilines is 1. The van der Waals surface area contributed by atoms with Crippen LogP contribution in [-0.4, -0.2) is 12.2 Å². The van der Waals surface area contributed by atoms with Gasteiger partial charge in [0.1, 0.15) is 11.9 Å². The molecule has 2 N–H and O–H groups in total. The summed E-state index contributed by atoms with van der Waals surface area (Å²) < 4.78 is 7.20. The van der Waals surface area contributed by atoms with Gasteiger partial charge in [0.25, 0.3) is 0 Å². The molecule has 2 atom stereocenters.